The van der Waals surface area contributed by atoms with E-state index in [9.17, 15) is 4.79 Å². The number of nitrogens with zero attached hydrogens (tertiary/aromatic N) is 2. The number of anilines is 1. The molecule has 0 aromatic carbocycles. The lowest BCUT2D eigenvalue weighted by Crippen LogP contribution is -2.27. The van der Waals surface area contributed by atoms with Crippen LogP contribution in [0.2, 0.25) is 0 Å². The van der Waals surface area contributed by atoms with Crippen molar-refractivity contribution in [1.82, 2.24) is 10.2 Å². The van der Waals surface area contributed by atoms with Crippen molar-refractivity contribution in [1.29, 1.82) is 0 Å². The first-order valence-corrected chi connectivity index (χ1v) is 4.18. The number of likely N-dealkylation sites (N-methyl/N-ethyl adjacent to an activating group) is 1. The van der Waals surface area contributed by atoms with Crippen LogP contribution in [-0.2, 0) is 0 Å². The van der Waals surface area contributed by atoms with Crippen LogP contribution in [0.4, 0.5) is 5.69 Å². The second-order valence-electron chi connectivity index (χ2n) is 2.61. The molecule has 0 bridgehead atoms. The monoisotopic (exact) mass is 183 g/mol. The fourth-order valence-electron chi connectivity index (χ4n) is 1.13. The fraction of sp³-hybridized carbons (Fsp3) is 0.500. The highest BCUT2D eigenvalue weighted by Gasteiger charge is 2.03. The number of aromatic amines is 1. The Morgan fingerprint density at radius 1 is 1.69 bits per heavy atom. The second kappa shape index (κ2) is 4.61. The number of H-pyrrole nitrogens is 1. The molecule has 0 amide bonds. The molecule has 0 spiro atoms. The van der Waals surface area contributed by atoms with E-state index in [2.05, 4.69) is 10.2 Å². The van der Waals surface area contributed by atoms with Crippen LogP contribution >= 0.6 is 0 Å². The van der Waals surface area contributed by atoms with Crippen molar-refractivity contribution >= 4 is 5.69 Å². The molecule has 0 aliphatic heterocycles. The van der Waals surface area contributed by atoms with E-state index in [1.54, 1.807) is 6.20 Å². The summed E-state index contributed by atoms with van der Waals surface area (Å²) in [6, 6.07) is 1.46. The van der Waals surface area contributed by atoms with Gasteiger partial charge < -0.3 is 10.0 Å². The van der Waals surface area contributed by atoms with Crippen molar-refractivity contribution in [2.45, 2.75) is 6.92 Å². The average molecular weight is 183 g/mol. The quantitative estimate of drug-likeness (QED) is 0.665. The molecule has 1 rings (SSSR count). The summed E-state index contributed by atoms with van der Waals surface area (Å²) in [5.74, 6) is 0. The lowest BCUT2D eigenvalue weighted by atomic mass is 10.4. The number of aromatic nitrogens is 2. The molecule has 1 aromatic heterocycles. The Hall–Kier alpha value is -1.36. The van der Waals surface area contributed by atoms with Gasteiger partial charge in [0.15, 0.2) is 0 Å². The molecule has 0 aliphatic carbocycles. The Labute approximate surface area is 76.0 Å². The molecular formula is C8H13N3O2. The molecule has 0 atom stereocenters. The summed E-state index contributed by atoms with van der Waals surface area (Å²) in [6.45, 7) is 3.28. The molecule has 1 aromatic rings. The topological polar surface area (TPSA) is 69.2 Å². The minimum atomic E-state index is -0.228. The zero-order chi connectivity index (χ0) is 9.68. The van der Waals surface area contributed by atoms with Gasteiger partial charge in [-0.15, -0.1) is 0 Å². The predicted molar refractivity (Wildman–Crippen MR) is 49.8 cm³/mol. The highest BCUT2D eigenvalue weighted by Crippen LogP contribution is 2.07. The highest BCUT2D eigenvalue weighted by atomic mass is 16.3. The summed E-state index contributed by atoms with van der Waals surface area (Å²) in [7, 11) is 0. The molecule has 0 saturated carbocycles. The summed E-state index contributed by atoms with van der Waals surface area (Å²) in [4.78, 5) is 12.8. The number of hydrogen-bond acceptors (Lipinski definition) is 4. The zero-order valence-electron chi connectivity index (χ0n) is 7.53. The van der Waals surface area contributed by atoms with E-state index in [4.69, 9.17) is 5.11 Å². The first-order chi connectivity index (χ1) is 6.27. The van der Waals surface area contributed by atoms with Crippen LogP contribution in [0.1, 0.15) is 6.92 Å². The molecular weight excluding hydrogens is 170 g/mol. The number of rotatable bonds is 4. The first-order valence-electron chi connectivity index (χ1n) is 4.18. The maximum absolute atomic E-state index is 10.9. The summed E-state index contributed by atoms with van der Waals surface area (Å²) in [5.41, 5.74) is 0.509. The van der Waals surface area contributed by atoms with Crippen LogP contribution in [0.15, 0.2) is 17.1 Å². The third-order valence-electron chi connectivity index (χ3n) is 1.77. The van der Waals surface area contributed by atoms with Gasteiger partial charge in [-0.05, 0) is 6.92 Å². The third-order valence-corrected chi connectivity index (χ3v) is 1.77. The molecule has 5 nitrogen and oxygen atoms in total. The molecule has 0 unspecified atom stereocenters. The molecule has 13 heavy (non-hydrogen) atoms. The lowest BCUT2D eigenvalue weighted by molar-refractivity contribution is 0.302. The molecule has 2 N–H and O–H groups in total. The standard InChI is InChI=1S/C8H13N3O2/c1-2-11(3-4-12)7-5-8(13)10-9-6-7/h5-6,12H,2-4H2,1H3,(H,10,13). The van der Waals surface area contributed by atoms with E-state index in [-0.39, 0.29) is 12.2 Å². The van der Waals surface area contributed by atoms with Crippen LogP contribution in [0.3, 0.4) is 0 Å². The van der Waals surface area contributed by atoms with Crippen molar-refractivity contribution in [3.63, 3.8) is 0 Å². The Morgan fingerprint density at radius 3 is 3.00 bits per heavy atom. The molecule has 1 heterocycles. The van der Waals surface area contributed by atoms with E-state index in [1.165, 1.54) is 6.07 Å². The van der Waals surface area contributed by atoms with Gasteiger partial charge >= 0.3 is 0 Å². The Bertz CT molecular complexity index is 310. The van der Waals surface area contributed by atoms with Crippen molar-refractivity contribution in [2.24, 2.45) is 0 Å². The molecule has 0 fully saturated rings. The van der Waals surface area contributed by atoms with Gasteiger partial charge in [-0.3, -0.25) is 4.79 Å². The van der Waals surface area contributed by atoms with Crippen LogP contribution < -0.4 is 10.5 Å². The zero-order valence-corrected chi connectivity index (χ0v) is 7.53. The third kappa shape index (κ3) is 2.55. The van der Waals surface area contributed by atoms with Crippen molar-refractivity contribution in [3.05, 3.63) is 22.6 Å². The van der Waals surface area contributed by atoms with Crippen LogP contribution in [0.25, 0.3) is 0 Å². The van der Waals surface area contributed by atoms with E-state index in [1.807, 2.05) is 11.8 Å². The fourth-order valence-corrected chi connectivity index (χ4v) is 1.13. The smallest absolute Gasteiger partial charge is 0.266 e. The first kappa shape index (κ1) is 9.73. The second-order valence-corrected chi connectivity index (χ2v) is 2.61. The average Bonchev–Trinajstić information content (AvgIpc) is 2.14. The van der Waals surface area contributed by atoms with E-state index in [0.717, 1.165) is 12.2 Å². The van der Waals surface area contributed by atoms with Gasteiger partial charge in [0, 0.05) is 19.2 Å². The van der Waals surface area contributed by atoms with Gasteiger partial charge in [0.1, 0.15) is 0 Å². The summed E-state index contributed by atoms with van der Waals surface area (Å²) < 4.78 is 0. The van der Waals surface area contributed by atoms with Gasteiger partial charge in [0.25, 0.3) is 5.56 Å². The van der Waals surface area contributed by atoms with Gasteiger partial charge in [-0.2, -0.15) is 5.10 Å². The number of nitrogens with one attached hydrogen (secondary N) is 1. The minimum Gasteiger partial charge on any atom is -0.395 e. The van der Waals surface area contributed by atoms with Crippen LogP contribution in [-0.4, -0.2) is 35.0 Å². The van der Waals surface area contributed by atoms with E-state index >= 15 is 0 Å². The number of aliphatic hydroxyl groups excluding tert-OH is 1. The Kier molecular flexibility index (Phi) is 3.45. The van der Waals surface area contributed by atoms with Crippen molar-refractivity contribution in [2.75, 3.05) is 24.6 Å². The Morgan fingerprint density at radius 2 is 2.46 bits per heavy atom. The highest BCUT2D eigenvalue weighted by molar-refractivity contribution is 5.42. The predicted octanol–water partition coefficient (Wildman–Crippen LogP) is -0.412. The van der Waals surface area contributed by atoms with Crippen LogP contribution in [0.5, 0.6) is 0 Å². The normalized spacial score (nSPS) is 10.0. The van der Waals surface area contributed by atoms with Gasteiger partial charge in [-0.25, -0.2) is 5.10 Å². The molecule has 0 saturated heterocycles. The summed E-state index contributed by atoms with van der Waals surface area (Å²) in [5, 5.41) is 14.7. The van der Waals surface area contributed by atoms with Gasteiger partial charge in [0.2, 0.25) is 0 Å². The SMILES string of the molecule is CCN(CCO)c1cn[nH]c(=O)c1. The van der Waals surface area contributed by atoms with Crippen molar-refractivity contribution < 1.29 is 5.11 Å². The molecule has 0 aliphatic rings. The lowest BCUT2D eigenvalue weighted by Gasteiger charge is -2.20. The Balaban J connectivity index is 2.84. The molecule has 5 heteroatoms. The molecule has 72 valence electrons. The maximum atomic E-state index is 10.9. The van der Waals surface area contributed by atoms with E-state index < -0.39 is 0 Å². The largest absolute Gasteiger partial charge is 0.395 e. The van der Waals surface area contributed by atoms with Gasteiger partial charge in [0.05, 0.1) is 18.5 Å². The number of hydrogen-bond donors (Lipinski definition) is 2. The maximum Gasteiger partial charge on any atom is 0.266 e. The van der Waals surface area contributed by atoms with Crippen LogP contribution in [0, 0.1) is 0 Å². The number of aliphatic hydroxyl groups is 1. The van der Waals surface area contributed by atoms with E-state index in [0.29, 0.717) is 6.54 Å². The minimum absolute atomic E-state index is 0.0701. The summed E-state index contributed by atoms with van der Waals surface area (Å²) >= 11 is 0. The molecule has 0 radical (unpaired) electrons. The summed E-state index contributed by atoms with van der Waals surface area (Å²) in [6.07, 6.45) is 1.57. The van der Waals surface area contributed by atoms with Crippen molar-refractivity contribution in [3.8, 4) is 0 Å². The van der Waals surface area contributed by atoms with Gasteiger partial charge in [-0.1, -0.05) is 0 Å².